The van der Waals surface area contributed by atoms with E-state index < -0.39 is 0 Å². The third kappa shape index (κ3) is 3.97. The van der Waals surface area contributed by atoms with Crippen molar-refractivity contribution in [2.24, 2.45) is 0 Å². The first-order valence-corrected chi connectivity index (χ1v) is 6.11. The first kappa shape index (κ1) is 11.3. The van der Waals surface area contributed by atoms with E-state index in [1.807, 2.05) is 29.2 Å². The van der Waals surface area contributed by atoms with E-state index in [-0.39, 0.29) is 20.9 Å². The van der Waals surface area contributed by atoms with Crippen molar-refractivity contribution in [3.63, 3.8) is 0 Å². The summed E-state index contributed by atoms with van der Waals surface area (Å²) in [6.07, 6.45) is 1.44. The van der Waals surface area contributed by atoms with Crippen LogP contribution in [-0.2, 0) is 9.53 Å². The van der Waals surface area contributed by atoms with Crippen LogP contribution in [0.5, 0.6) is 0 Å². The summed E-state index contributed by atoms with van der Waals surface area (Å²) in [5, 5.41) is 0.724. The first-order chi connectivity index (χ1) is 6.72. The van der Waals surface area contributed by atoms with Gasteiger partial charge in [0.1, 0.15) is 0 Å². The monoisotopic (exact) mass is 276 g/mol. The molecule has 1 aromatic rings. The van der Waals surface area contributed by atoms with Gasteiger partial charge in [0, 0.05) is 0 Å². The molecule has 0 fully saturated rings. The fourth-order valence-electron chi connectivity index (χ4n) is 0.749. The second-order valence-electron chi connectivity index (χ2n) is 2.40. The Morgan fingerprint density at radius 3 is 2.64 bits per heavy atom. The molecule has 4 heteroatoms. The molecule has 0 saturated carbocycles. The molecular weight excluding hydrogens is 267 g/mol. The molecule has 74 valence electrons. The van der Waals surface area contributed by atoms with Crippen LogP contribution >= 0.6 is 11.6 Å². The Hall–Kier alpha value is -0.761. The summed E-state index contributed by atoms with van der Waals surface area (Å²) in [5.41, 5.74) is 0. The average Bonchev–Trinajstić information content (AvgIpc) is 2.21. The normalized spacial score (nSPS) is 10.4. The molecule has 1 rings (SSSR count). The van der Waals surface area contributed by atoms with Gasteiger partial charge in [-0.25, -0.2) is 0 Å². The standard InChI is InChI=1S/C10H9ClO2Se/c1-13-10(12)6-7-14-9-4-2-8(11)3-5-9/h2-7H,1H3/b7-6-. The first-order valence-electron chi connectivity index (χ1n) is 3.89. The van der Waals surface area contributed by atoms with Gasteiger partial charge in [-0.3, -0.25) is 0 Å². The summed E-state index contributed by atoms with van der Waals surface area (Å²) in [6.45, 7) is 0. The molecule has 0 aliphatic rings. The molecule has 0 amide bonds. The van der Waals surface area contributed by atoms with E-state index in [4.69, 9.17) is 11.6 Å². The minimum atomic E-state index is -0.319. The number of halogens is 1. The third-order valence-corrected chi connectivity index (χ3v) is 3.39. The fourth-order valence-corrected chi connectivity index (χ4v) is 2.20. The van der Waals surface area contributed by atoms with Crippen molar-refractivity contribution in [3.8, 4) is 0 Å². The van der Waals surface area contributed by atoms with Gasteiger partial charge < -0.3 is 0 Å². The number of benzene rings is 1. The van der Waals surface area contributed by atoms with Crippen LogP contribution in [0.1, 0.15) is 0 Å². The summed E-state index contributed by atoms with van der Waals surface area (Å²) < 4.78 is 5.64. The Labute approximate surface area is 94.1 Å². The molecule has 14 heavy (non-hydrogen) atoms. The fraction of sp³-hybridized carbons (Fsp3) is 0.100. The minimum absolute atomic E-state index is 0.152. The summed E-state index contributed by atoms with van der Waals surface area (Å²) in [5.74, 6) is -0.319. The number of hydrogen-bond donors (Lipinski definition) is 0. The zero-order chi connectivity index (χ0) is 10.4. The molecule has 0 N–H and O–H groups in total. The van der Waals surface area contributed by atoms with Gasteiger partial charge in [-0.2, -0.15) is 0 Å². The number of carbonyl (C=O) groups is 1. The van der Waals surface area contributed by atoms with Crippen LogP contribution in [0.25, 0.3) is 0 Å². The van der Waals surface area contributed by atoms with Crippen molar-refractivity contribution < 1.29 is 9.53 Å². The van der Waals surface area contributed by atoms with E-state index in [9.17, 15) is 4.79 Å². The van der Waals surface area contributed by atoms with Gasteiger partial charge in [0.15, 0.2) is 0 Å². The van der Waals surface area contributed by atoms with E-state index in [1.165, 1.54) is 17.6 Å². The van der Waals surface area contributed by atoms with Gasteiger partial charge in [-0.15, -0.1) is 0 Å². The molecule has 0 unspecified atom stereocenters. The van der Waals surface area contributed by atoms with Crippen LogP contribution in [-0.4, -0.2) is 28.0 Å². The zero-order valence-corrected chi connectivity index (χ0v) is 10.0. The van der Waals surface area contributed by atoms with Crippen molar-refractivity contribution in [2.45, 2.75) is 0 Å². The Kier molecular flexibility index (Phi) is 4.74. The SMILES string of the molecule is COC(=O)/C=C\[Se]c1ccc(Cl)cc1. The Morgan fingerprint density at radius 2 is 2.07 bits per heavy atom. The third-order valence-electron chi connectivity index (χ3n) is 1.42. The van der Waals surface area contributed by atoms with E-state index in [1.54, 1.807) is 0 Å². The van der Waals surface area contributed by atoms with Crippen molar-refractivity contribution in [2.75, 3.05) is 7.11 Å². The topological polar surface area (TPSA) is 26.3 Å². The van der Waals surface area contributed by atoms with Crippen molar-refractivity contribution in [1.29, 1.82) is 0 Å². The molecule has 0 radical (unpaired) electrons. The number of hydrogen-bond acceptors (Lipinski definition) is 2. The molecule has 0 bridgehead atoms. The van der Waals surface area contributed by atoms with Gasteiger partial charge in [0.25, 0.3) is 0 Å². The quantitative estimate of drug-likeness (QED) is 0.473. The molecule has 2 nitrogen and oxygen atoms in total. The van der Waals surface area contributed by atoms with Crippen LogP contribution in [0.15, 0.2) is 35.3 Å². The summed E-state index contributed by atoms with van der Waals surface area (Å²) in [4.78, 5) is 12.6. The summed E-state index contributed by atoms with van der Waals surface area (Å²) in [7, 11) is 1.36. The van der Waals surface area contributed by atoms with E-state index in [0.29, 0.717) is 0 Å². The Balaban J connectivity index is 2.49. The predicted octanol–water partition coefficient (Wildman–Crippen LogP) is 1.36. The number of methoxy groups -OCH3 is 1. The number of rotatable bonds is 3. The molecule has 0 aromatic heterocycles. The van der Waals surface area contributed by atoms with E-state index >= 15 is 0 Å². The van der Waals surface area contributed by atoms with Crippen LogP contribution in [0.4, 0.5) is 0 Å². The van der Waals surface area contributed by atoms with Gasteiger partial charge in [-0.1, -0.05) is 0 Å². The van der Waals surface area contributed by atoms with Gasteiger partial charge in [-0.05, 0) is 0 Å². The van der Waals surface area contributed by atoms with Crippen LogP contribution in [0, 0.1) is 0 Å². The molecule has 0 saturated heterocycles. The summed E-state index contributed by atoms with van der Waals surface area (Å²) >= 11 is 5.88. The molecule has 1 aromatic carbocycles. The van der Waals surface area contributed by atoms with Gasteiger partial charge in [0.05, 0.1) is 0 Å². The van der Waals surface area contributed by atoms with Gasteiger partial charge >= 0.3 is 94.0 Å². The molecule has 0 heterocycles. The van der Waals surface area contributed by atoms with Crippen LogP contribution in [0.3, 0.4) is 0 Å². The number of esters is 1. The maximum absolute atomic E-state index is 10.7. The van der Waals surface area contributed by atoms with Crippen molar-refractivity contribution in [3.05, 3.63) is 40.3 Å². The zero-order valence-electron chi connectivity index (χ0n) is 7.57. The molecule has 0 aliphatic carbocycles. The molecule has 0 aliphatic heterocycles. The maximum atomic E-state index is 10.7. The van der Waals surface area contributed by atoms with E-state index in [2.05, 4.69) is 4.74 Å². The molecule has 0 atom stereocenters. The van der Waals surface area contributed by atoms with E-state index in [0.717, 1.165) is 5.02 Å². The van der Waals surface area contributed by atoms with Gasteiger partial charge in [0.2, 0.25) is 0 Å². The number of ether oxygens (including phenoxy) is 1. The van der Waals surface area contributed by atoms with Crippen LogP contribution in [0.2, 0.25) is 5.02 Å². The second kappa shape index (κ2) is 5.86. The Bertz CT molecular complexity index is 332. The second-order valence-corrected chi connectivity index (χ2v) is 4.89. The Morgan fingerprint density at radius 1 is 1.43 bits per heavy atom. The molecule has 0 spiro atoms. The van der Waals surface area contributed by atoms with Crippen molar-refractivity contribution in [1.82, 2.24) is 0 Å². The summed E-state index contributed by atoms with van der Waals surface area (Å²) in [6, 6.07) is 7.57. The van der Waals surface area contributed by atoms with Crippen molar-refractivity contribution >= 4 is 37.0 Å². The predicted molar refractivity (Wildman–Crippen MR) is 58.0 cm³/mol. The molecular formula is C10H9ClO2Se. The van der Waals surface area contributed by atoms with Crippen LogP contribution < -0.4 is 4.46 Å². The number of carbonyl (C=O) groups excluding carboxylic acids is 1. The average molecular weight is 276 g/mol.